The number of nitrogens with zero attached hydrogens (tertiary/aromatic N) is 2. The number of methoxy groups -OCH3 is 1. The first-order valence-corrected chi connectivity index (χ1v) is 8.00. The van der Waals surface area contributed by atoms with Crippen LogP contribution in [0.5, 0.6) is 5.75 Å². The summed E-state index contributed by atoms with van der Waals surface area (Å²) in [5.41, 5.74) is 11.7. The van der Waals surface area contributed by atoms with Crippen LogP contribution in [-0.2, 0) is 4.79 Å². The van der Waals surface area contributed by atoms with Crippen LogP contribution in [0.2, 0.25) is 5.02 Å². The second-order valence-electron chi connectivity index (χ2n) is 4.49. The van der Waals surface area contributed by atoms with Crippen molar-refractivity contribution in [3.8, 4) is 5.75 Å². The maximum atomic E-state index is 12.0. The van der Waals surface area contributed by atoms with Crippen molar-refractivity contribution in [1.82, 2.24) is 9.97 Å². The van der Waals surface area contributed by atoms with E-state index in [4.69, 9.17) is 27.8 Å². The van der Waals surface area contributed by atoms with E-state index in [0.717, 1.165) is 0 Å². The van der Waals surface area contributed by atoms with Crippen molar-refractivity contribution in [2.75, 3.05) is 29.6 Å². The number of nitrogens with one attached hydrogen (secondary N) is 1. The molecular formula is C14H16ClN5O2S. The van der Waals surface area contributed by atoms with E-state index < -0.39 is 0 Å². The normalized spacial score (nSPS) is 10.3. The van der Waals surface area contributed by atoms with Gasteiger partial charge in [-0.2, -0.15) is 0 Å². The van der Waals surface area contributed by atoms with E-state index in [9.17, 15) is 4.79 Å². The van der Waals surface area contributed by atoms with Gasteiger partial charge in [0, 0.05) is 23.3 Å². The number of nitrogens with two attached hydrogens (primary N) is 2. The third-order valence-electron chi connectivity index (χ3n) is 2.74. The lowest BCUT2D eigenvalue weighted by Crippen LogP contribution is -2.13. The number of anilines is 3. The highest BCUT2D eigenvalue weighted by Crippen LogP contribution is 2.28. The highest BCUT2D eigenvalue weighted by atomic mass is 35.5. The third-order valence-corrected chi connectivity index (χ3v) is 3.83. The Labute approximate surface area is 142 Å². The molecule has 0 unspecified atom stereocenters. The molecule has 1 heterocycles. The molecule has 1 amide bonds. The molecule has 0 fully saturated rings. The fraction of sp³-hybridized carbons (Fsp3) is 0.214. The second kappa shape index (κ2) is 7.89. The van der Waals surface area contributed by atoms with Crippen LogP contribution >= 0.6 is 23.4 Å². The number of halogens is 1. The van der Waals surface area contributed by atoms with Gasteiger partial charge in [0.1, 0.15) is 17.4 Å². The van der Waals surface area contributed by atoms with E-state index in [-0.39, 0.29) is 12.3 Å². The molecule has 122 valence electrons. The molecule has 0 saturated heterocycles. The summed E-state index contributed by atoms with van der Waals surface area (Å²) in [6, 6.07) is 6.48. The van der Waals surface area contributed by atoms with Crippen molar-refractivity contribution < 1.29 is 9.53 Å². The number of nitrogen functional groups attached to an aromatic ring is 2. The summed E-state index contributed by atoms with van der Waals surface area (Å²) in [6.07, 6.45) is 0.262. The molecule has 5 N–H and O–H groups in total. The zero-order chi connectivity index (χ0) is 16.8. The van der Waals surface area contributed by atoms with E-state index >= 15 is 0 Å². The van der Waals surface area contributed by atoms with Gasteiger partial charge in [-0.05, 0) is 18.2 Å². The first-order valence-electron chi connectivity index (χ1n) is 6.64. The molecule has 2 rings (SSSR count). The Kier molecular flexibility index (Phi) is 5.89. The van der Waals surface area contributed by atoms with Crippen LogP contribution in [0.25, 0.3) is 0 Å². The van der Waals surface area contributed by atoms with Crippen LogP contribution in [0.3, 0.4) is 0 Å². The quantitative estimate of drug-likeness (QED) is 0.539. The molecule has 0 atom stereocenters. The van der Waals surface area contributed by atoms with E-state index in [1.807, 2.05) is 0 Å². The Hall–Kier alpha value is -2.19. The maximum absolute atomic E-state index is 12.0. The molecular weight excluding hydrogens is 338 g/mol. The number of amides is 1. The largest absolute Gasteiger partial charge is 0.495 e. The highest BCUT2D eigenvalue weighted by molar-refractivity contribution is 7.99. The average Bonchev–Trinajstić information content (AvgIpc) is 2.46. The van der Waals surface area contributed by atoms with Crippen LogP contribution in [0.4, 0.5) is 17.3 Å². The number of benzene rings is 1. The van der Waals surface area contributed by atoms with Crippen molar-refractivity contribution in [2.45, 2.75) is 11.6 Å². The van der Waals surface area contributed by atoms with Gasteiger partial charge >= 0.3 is 0 Å². The van der Waals surface area contributed by atoms with Gasteiger partial charge in [0.15, 0.2) is 5.16 Å². The summed E-state index contributed by atoms with van der Waals surface area (Å²) in [4.78, 5) is 20.1. The number of rotatable bonds is 6. The third kappa shape index (κ3) is 5.19. The summed E-state index contributed by atoms with van der Waals surface area (Å²) < 4.78 is 5.17. The van der Waals surface area contributed by atoms with Crippen molar-refractivity contribution in [1.29, 1.82) is 0 Å². The summed E-state index contributed by atoms with van der Waals surface area (Å²) in [5, 5.41) is 3.71. The Balaban J connectivity index is 1.89. The minimum atomic E-state index is -0.171. The zero-order valence-electron chi connectivity index (χ0n) is 12.4. The fourth-order valence-electron chi connectivity index (χ4n) is 1.75. The molecule has 23 heavy (non-hydrogen) atoms. The molecule has 7 nitrogen and oxygen atoms in total. The molecule has 2 aromatic rings. The maximum Gasteiger partial charge on any atom is 0.225 e. The number of aromatic nitrogens is 2. The van der Waals surface area contributed by atoms with Crippen LogP contribution in [0.1, 0.15) is 6.42 Å². The minimum absolute atomic E-state index is 0.171. The lowest BCUT2D eigenvalue weighted by atomic mass is 10.3. The standard InChI is InChI=1S/C14H16ClN5O2S/c1-22-10-3-2-8(15)6-9(10)18-13(21)4-5-23-14-19-11(16)7-12(17)20-14/h2-3,6-7H,4-5H2,1H3,(H,18,21)(H4,16,17,19,20). The van der Waals surface area contributed by atoms with Crippen molar-refractivity contribution in [2.24, 2.45) is 0 Å². The highest BCUT2D eigenvalue weighted by Gasteiger charge is 2.09. The Bertz CT molecular complexity index is 693. The molecule has 0 aliphatic heterocycles. The van der Waals surface area contributed by atoms with Crippen LogP contribution < -0.4 is 21.5 Å². The van der Waals surface area contributed by atoms with Crippen LogP contribution in [0.15, 0.2) is 29.4 Å². The molecule has 0 aliphatic rings. The monoisotopic (exact) mass is 353 g/mol. The smallest absolute Gasteiger partial charge is 0.225 e. The molecule has 0 spiro atoms. The van der Waals surface area contributed by atoms with Gasteiger partial charge in [-0.15, -0.1) is 0 Å². The number of hydrogen-bond donors (Lipinski definition) is 3. The Morgan fingerprint density at radius 3 is 2.65 bits per heavy atom. The van der Waals surface area contributed by atoms with Crippen LogP contribution in [0, 0.1) is 0 Å². The van der Waals surface area contributed by atoms with Gasteiger partial charge in [0.05, 0.1) is 12.8 Å². The molecule has 0 radical (unpaired) electrons. The number of ether oxygens (including phenoxy) is 1. The molecule has 0 bridgehead atoms. The lowest BCUT2D eigenvalue weighted by Gasteiger charge is -2.10. The molecule has 1 aromatic heterocycles. The Morgan fingerprint density at radius 1 is 1.30 bits per heavy atom. The molecule has 0 saturated carbocycles. The van der Waals surface area contributed by atoms with E-state index in [1.165, 1.54) is 24.9 Å². The van der Waals surface area contributed by atoms with Gasteiger partial charge in [-0.25, -0.2) is 9.97 Å². The first kappa shape index (κ1) is 17.2. The van der Waals surface area contributed by atoms with Crippen molar-refractivity contribution in [3.63, 3.8) is 0 Å². The number of hydrogen-bond acceptors (Lipinski definition) is 7. The molecule has 9 heteroatoms. The van der Waals surface area contributed by atoms with Crippen LogP contribution in [-0.4, -0.2) is 28.7 Å². The second-order valence-corrected chi connectivity index (χ2v) is 5.99. The zero-order valence-corrected chi connectivity index (χ0v) is 13.9. The SMILES string of the molecule is COc1ccc(Cl)cc1NC(=O)CCSc1nc(N)cc(N)n1. The minimum Gasteiger partial charge on any atom is -0.495 e. The Morgan fingerprint density at radius 2 is 2.00 bits per heavy atom. The van der Waals surface area contributed by atoms with Gasteiger partial charge in [-0.3, -0.25) is 4.79 Å². The number of carbonyl (C=O) groups is 1. The molecule has 1 aromatic carbocycles. The number of thioether (sulfide) groups is 1. The average molecular weight is 354 g/mol. The van der Waals surface area contributed by atoms with Gasteiger partial charge in [0.2, 0.25) is 5.91 Å². The van der Waals surface area contributed by atoms with Gasteiger partial charge in [-0.1, -0.05) is 23.4 Å². The summed E-state index contributed by atoms with van der Waals surface area (Å²) in [5.74, 6) is 1.45. The van der Waals surface area contributed by atoms with E-state index in [0.29, 0.717) is 39.0 Å². The predicted octanol–water partition coefficient (Wildman–Crippen LogP) is 2.42. The first-order chi connectivity index (χ1) is 11.0. The van der Waals surface area contributed by atoms with E-state index in [1.54, 1.807) is 18.2 Å². The summed E-state index contributed by atoms with van der Waals surface area (Å²) >= 11 is 7.22. The summed E-state index contributed by atoms with van der Waals surface area (Å²) in [7, 11) is 1.52. The van der Waals surface area contributed by atoms with Crippen molar-refractivity contribution in [3.05, 3.63) is 29.3 Å². The molecule has 0 aliphatic carbocycles. The van der Waals surface area contributed by atoms with E-state index in [2.05, 4.69) is 15.3 Å². The number of carbonyl (C=O) groups excluding carboxylic acids is 1. The van der Waals surface area contributed by atoms with Crippen molar-refractivity contribution >= 4 is 46.6 Å². The fourth-order valence-corrected chi connectivity index (χ4v) is 2.73. The lowest BCUT2D eigenvalue weighted by molar-refractivity contribution is -0.115. The predicted molar refractivity (Wildman–Crippen MR) is 92.8 cm³/mol. The summed E-state index contributed by atoms with van der Waals surface area (Å²) in [6.45, 7) is 0. The van der Waals surface area contributed by atoms with Gasteiger partial charge < -0.3 is 21.5 Å². The topological polar surface area (TPSA) is 116 Å². The van der Waals surface area contributed by atoms with Gasteiger partial charge in [0.25, 0.3) is 0 Å².